The highest BCUT2D eigenvalue weighted by Crippen LogP contribution is 2.65. The first kappa shape index (κ1) is 16.5. The van der Waals surface area contributed by atoms with Crippen LogP contribution in [0.3, 0.4) is 0 Å². The lowest BCUT2D eigenvalue weighted by molar-refractivity contribution is -0.0407. The van der Waals surface area contributed by atoms with Gasteiger partial charge in [-0.05, 0) is 78.6 Å². The Hall–Kier alpha value is -0.340. The predicted molar refractivity (Wildman–Crippen MR) is 90.4 cm³/mol. The van der Waals surface area contributed by atoms with Gasteiger partial charge in [-0.1, -0.05) is 33.8 Å². The summed E-state index contributed by atoms with van der Waals surface area (Å²) in [5, 5.41) is 20.1. The van der Waals surface area contributed by atoms with Crippen molar-refractivity contribution in [2.24, 2.45) is 34.5 Å². The lowest BCUT2D eigenvalue weighted by Gasteiger charge is -2.53. The molecule has 0 bridgehead atoms. The second kappa shape index (κ2) is 5.63. The number of rotatable bonds is 2. The van der Waals surface area contributed by atoms with E-state index in [1.54, 1.807) is 0 Å². The molecular formula is C20H34O2. The van der Waals surface area contributed by atoms with E-state index in [-0.39, 0.29) is 18.1 Å². The molecule has 0 aromatic carbocycles. The molecule has 0 radical (unpaired) electrons. The predicted octanol–water partition coefficient (Wildman–Crippen LogP) is 4.16. The molecule has 22 heavy (non-hydrogen) atoms. The van der Waals surface area contributed by atoms with Gasteiger partial charge < -0.3 is 10.2 Å². The van der Waals surface area contributed by atoms with Crippen LogP contribution in [0.5, 0.6) is 0 Å². The molecule has 0 saturated heterocycles. The van der Waals surface area contributed by atoms with Crippen LogP contribution >= 0.6 is 0 Å². The van der Waals surface area contributed by atoms with E-state index in [4.69, 9.17) is 0 Å². The summed E-state index contributed by atoms with van der Waals surface area (Å²) in [6.07, 6.45) is 8.92. The summed E-state index contributed by atoms with van der Waals surface area (Å²) in [4.78, 5) is 0. The van der Waals surface area contributed by atoms with Crippen LogP contribution < -0.4 is 0 Å². The van der Waals surface area contributed by atoms with Crippen molar-refractivity contribution in [3.05, 3.63) is 11.6 Å². The van der Waals surface area contributed by atoms with Gasteiger partial charge in [-0.15, -0.1) is 0 Å². The minimum atomic E-state index is -0.281. The summed E-state index contributed by atoms with van der Waals surface area (Å²) < 4.78 is 0. The average molecular weight is 306 g/mol. The number of aliphatic hydroxyl groups excluding tert-OH is 2. The molecule has 3 aliphatic carbocycles. The Morgan fingerprint density at radius 3 is 2.50 bits per heavy atom. The molecule has 3 rings (SSSR count). The van der Waals surface area contributed by atoms with Crippen molar-refractivity contribution >= 4 is 0 Å². The summed E-state index contributed by atoms with van der Waals surface area (Å²) in [6, 6.07) is 0. The van der Waals surface area contributed by atoms with Crippen molar-refractivity contribution in [1.82, 2.24) is 0 Å². The van der Waals surface area contributed by atoms with Crippen LogP contribution in [0.15, 0.2) is 11.6 Å². The monoisotopic (exact) mass is 306 g/mol. The second-order valence-electron chi connectivity index (χ2n) is 9.35. The fourth-order valence-electron chi connectivity index (χ4n) is 6.17. The highest BCUT2D eigenvalue weighted by atomic mass is 16.3. The van der Waals surface area contributed by atoms with Crippen molar-refractivity contribution in [3.8, 4) is 0 Å². The maximum absolute atomic E-state index is 10.4. The third-order valence-corrected chi connectivity index (χ3v) is 7.45. The van der Waals surface area contributed by atoms with Crippen LogP contribution in [0.2, 0.25) is 0 Å². The van der Waals surface area contributed by atoms with E-state index in [0.717, 1.165) is 29.7 Å². The normalized spacial score (nSPS) is 48.6. The molecule has 2 N–H and O–H groups in total. The van der Waals surface area contributed by atoms with Gasteiger partial charge in [0.05, 0.1) is 12.7 Å². The number of fused-ring (bicyclic) bond motifs is 3. The highest BCUT2D eigenvalue weighted by molar-refractivity contribution is 5.19. The maximum Gasteiger partial charge on any atom is 0.0642 e. The van der Waals surface area contributed by atoms with Crippen molar-refractivity contribution in [3.63, 3.8) is 0 Å². The Balaban J connectivity index is 2.03. The van der Waals surface area contributed by atoms with Crippen molar-refractivity contribution in [2.45, 2.75) is 72.3 Å². The molecular weight excluding hydrogens is 272 g/mol. The molecule has 0 aromatic heterocycles. The quantitative estimate of drug-likeness (QED) is 0.752. The first-order valence-electron chi connectivity index (χ1n) is 9.27. The first-order chi connectivity index (χ1) is 10.3. The van der Waals surface area contributed by atoms with E-state index in [0.29, 0.717) is 17.8 Å². The standard InChI is InChI=1S/C20H34O2/c1-13(2)16-5-6-19(3)7-8-20(4)11-15(22)9-14(12-21)10-17(20)18(16)19/h10,13,15-18,21-22H,5-9,11-12H2,1-4H3/t15-,16-,17-,18-,19-,20+/m1/s1. The van der Waals surface area contributed by atoms with E-state index >= 15 is 0 Å². The molecule has 0 heterocycles. The summed E-state index contributed by atoms with van der Waals surface area (Å²) in [7, 11) is 0. The Morgan fingerprint density at radius 2 is 1.86 bits per heavy atom. The van der Waals surface area contributed by atoms with Crippen molar-refractivity contribution in [1.29, 1.82) is 0 Å². The molecule has 0 amide bonds. The summed E-state index contributed by atoms with van der Waals surface area (Å²) in [5.74, 6) is 2.77. The molecule has 126 valence electrons. The van der Waals surface area contributed by atoms with E-state index < -0.39 is 0 Å². The number of aliphatic hydroxyl groups is 2. The van der Waals surface area contributed by atoms with Gasteiger partial charge in [0.25, 0.3) is 0 Å². The number of allylic oxidation sites excluding steroid dienone is 1. The van der Waals surface area contributed by atoms with Gasteiger partial charge in [0.2, 0.25) is 0 Å². The zero-order valence-electron chi connectivity index (χ0n) is 14.8. The molecule has 2 fully saturated rings. The molecule has 0 aromatic rings. The van der Waals surface area contributed by atoms with Gasteiger partial charge in [0.15, 0.2) is 0 Å². The SMILES string of the molecule is CC(C)[C@H]1CC[C@]2(C)CC[C@@]3(C)C[C@H](O)CC(CO)=C[C@@H]3[C@@H]12. The molecule has 6 atom stereocenters. The highest BCUT2D eigenvalue weighted by Gasteiger charge is 2.57. The van der Waals surface area contributed by atoms with E-state index in [1.807, 2.05) is 0 Å². The lowest BCUT2D eigenvalue weighted by Crippen LogP contribution is -2.47. The summed E-state index contributed by atoms with van der Waals surface area (Å²) in [6.45, 7) is 9.77. The van der Waals surface area contributed by atoms with Crippen molar-refractivity contribution in [2.75, 3.05) is 6.61 Å². The van der Waals surface area contributed by atoms with Gasteiger partial charge >= 0.3 is 0 Å². The minimum absolute atomic E-state index is 0.111. The first-order valence-corrected chi connectivity index (χ1v) is 9.27. The van der Waals surface area contributed by atoms with Gasteiger partial charge in [-0.3, -0.25) is 0 Å². The Kier molecular flexibility index (Phi) is 4.23. The zero-order valence-corrected chi connectivity index (χ0v) is 14.8. The van der Waals surface area contributed by atoms with Crippen LogP contribution in [0, 0.1) is 34.5 Å². The zero-order chi connectivity index (χ0) is 16.1. The molecule has 2 heteroatoms. The van der Waals surface area contributed by atoms with Crippen molar-refractivity contribution < 1.29 is 10.2 Å². The largest absolute Gasteiger partial charge is 0.393 e. The Morgan fingerprint density at radius 1 is 1.18 bits per heavy atom. The fraction of sp³-hybridized carbons (Fsp3) is 0.900. The Labute approximate surface area is 136 Å². The van der Waals surface area contributed by atoms with Gasteiger partial charge in [0, 0.05) is 0 Å². The number of hydrogen-bond donors (Lipinski definition) is 2. The molecule has 0 unspecified atom stereocenters. The van der Waals surface area contributed by atoms with Crippen LogP contribution in [0.4, 0.5) is 0 Å². The maximum atomic E-state index is 10.4. The van der Waals surface area contributed by atoms with Gasteiger partial charge in [-0.2, -0.15) is 0 Å². The second-order valence-corrected chi connectivity index (χ2v) is 9.35. The molecule has 0 spiro atoms. The van der Waals surface area contributed by atoms with E-state index in [1.165, 1.54) is 25.7 Å². The molecule has 0 aliphatic heterocycles. The third kappa shape index (κ3) is 2.57. The fourth-order valence-corrected chi connectivity index (χ4v) is 6.17. The molecule has 2 saturated carbocycles. The minimum Gasteiger partial charge on any atom is -0.393 e. The summed E-state index contributed by atoms with van der Waals surface area (Å²) in [5.41, 5.74) is 1.74. The molecule has 2 nitrogen and oxygen atoms in total. The van der Waals surface area contributed by atoms with E-state index in [9.17, 15) is 10.2 Å². The average Bonchev–Trinajstić information content (AvgIpc) is 2.72. The van der Waals surface area contributed by atoms with Crippen LogP contribution in [0.25, 0.3) is 0 Å². The van der Waals surface area contributed by atoms with Gasteiger partial charge in [-0.25, -0.2) is 0 Å². The topological polar surface area (TPSA) is 40.5 Å². The van der Waals surface area contributed by atoms with Crippen LogP contribution in [0.1, 0.15) is 66.2 Å². The Bertz CT molecular complexity index is 455. The van der Waals surface area contributed by atoms with Crippen LogP contribution in [-0.2, 0) is 0 Å². The van der Waals surface area contributed by atoms with Gasteiger partial charge in [0.1, 0.15) is 0 Å². The molecule has 3 aliphatic rings. The third-order valence-electron chi connectivity index (χ3n) is 7.45. The lowest BCUT2D eigenvalue weighted by atomic mass is 9.51. The smallest absolute Gasteiger partial charge is 0.0642 e. The van der Waals surface area contributed by atoms with Crippen LogP contribution in [-0.4, -0.2) is 22.9 Å². The van der Waals surface area contributed by atoms with E-state index in [2.05, 4.69) is 33.8 Å². The number of hydrogen-bond acceptors (Lipinski definition) is 2. The summed E-state index contributed by atoms with van der Waals surface area (Å²) >= 11 is 0.